The minimum Gasteiger partial charge on any atom is -0.463 e. The fourth-order valence-corrected chi connectivity index (χ4v) is 3.82. The highest BCUT2D eigenvalue weighted by atomic mass is 35.5. The molecule has 3 N–H and O–H groups in total. The minimum atomic E-state index is -0.841. The summed E-state index contributed by atoms with van der Waals surface area (Å²) in [5, 5.41) is 18.8. The van der Waals surface area contributed by atoms with Gasteiger partial charge in [0.05, 0.1) is 32.3 Å². The van der Waals surface area contributed by atoms with Crippen molar-refractivity contribution in [2.45, 2.75) is 18.9 Å². The highest BCUT2D eigenvalue weighted by Crippen LogP contribution is 2.21. The first-order valence-corrected chi connectivity index (χ1v) is 12.2. The number of methoxy groups -OCH3 is 1. The summed E-state index contributed by atoms with van der Waals surface area (Å²) in [5.74, 6) is -1.99. The summed E-state index contributed by atoms with van der Waals surface area (Å²) in [7, 11) is 1.57. The van der Waals surface area contributed by atoms with E-state index in [4.69, 9.17) is 25.8 Å². The van der Waals surface area contributed by atoms with E-state index in [0.717, 1.165) is 16.7 Å². The van der Waals surface area contributed by atoms with Gasteiger partial charge in [-0.05, 0) is 41.1 Å². The monoisotopic (exact) mass is 530 g/mol. The number of hydrogen-bond acceptors (Lipinski definition) is 8. The molecule has 37 heavy (non-hydrogen) atoms. The fourth-order valence-electron chi connectivity index (χ4n) is 3.69. The van der Waals surface area contributed by atoms with Gasteiger partial charge in [0, 0.05) is 13.2 Å². The first kappa shape index (κ1) is 28.3. The number of amides is 1. The molecule has 0 bridgehead atoms. The molecule has 0 saturated carbocycles. The summed E-state index contributed by atoms with van der Waals surface area (Å²) in [4.78, 5) is 29.2. The molecule has 0 radical (unpaired) electrons. The lowest BCUT2D eigenvalue weighted by atomic mass is 9.94. The number of aliphatic hydroxyl groups is 1. The molecule has 3 aromatic rings. The number of aromatic amines is 1. The molecule has 0 aliphatic carbocycles. The van der Waals surface area contributed by atoms with Gasteiger partial charge in [-0.1, -0.05) is 54.6 Å². The predicted octanol–water partition coefficient (Wildman–Crippen LogP) is 2.67. The Morgan fingerprint density at radius 2 is 1.73 bits per heavy atom. The van der Waals surface area contributed by atoms with E-state index in [2.05, 4.69) is 20.5 Å². The third-order valence-corrected chi connectivity index (χ3v) is 5.75. The van der Waals surface area contributed by atoms with Gasteiger partial charge in [0.1, 0.15) is 6.61 Å². The highest BCUT2D eigenvalue weighted by molar-refractivity contribution is 6.28. The molecule has 10 nitrogen and oxygen atoms in total. The molecule has 2 atom stereocenters. The van der Waals surface area contributed by atoms with Gasteiger partial charge in [0.15, 0.2) is 0 Å². The summed E-state index contributed by atoms with van der Waals surface area (Å²) < 4.78 is 15.4. The zero-order valence-corrected chi connectivity index (χ0v) is 21.3. The van der Waals surface area contributed by atoms with Crippen molar-refractivity contribution in [3.05, 3.63) is 71.3 Å². The van der Waals surface area contributed by atoms with Crippen LogP contribution < -0.4 is 5.32 Å². The van der Waals surface area contributed by atoms with Gasteiger partial charge in [0.25, 0.3) is 5.91 Å². The predicted molar refractivity (Wildman–Crippen MR) is 137 cm³/mol. The Morgan fingerprint density at radius 3 is 2.38 bits per heavy atom. The number of nitrogens with zero attached hydrogens (tertiary/aromatic N) is 2. The van der Waals surface area contributed by atoms with E-state index in [1.54, 1.807) is 7.11 Å². The number of carbonyl (C=O) groups is 2. The number of ether oxygens (including phenoxy) is 3. The summed E-state index contributed by atoms with van der Waals surface area (Å²) in [6.45, 7) is 0.662. The van der Waals surface area contributed by atoms with E-state index < -0.39 is 30.4 Å². The Balaban J connectivity index is 1.66. The Hall–Kier alpha value is -3.31. The van der Waals surface area contributed by atoms with Crippen LogP contribution in [-0.4, -0.2) is 78.4 Å². The molecule has 1 aromatic heterocycles. The number of nitrogens with one attached hydrogen (secondary N) is 2. The lowest BCUT2D eigenvalue weighted by Gasteiger charge is -2.22. The molecule has 1 amide bonds. The van der Waals surface area contributed by atoms with Gasteiger partial charge in [-0.2, -0.15) is 4.98 Å². The van der Waals surface area contributed by atoms with Gasteiger partial charge >= 0.3 is 5.97 Å². The van der Waals surface area contributed by atoms with Crippen molar-refractivity contribution >= 4 is 23.5 Å². The molecular formula is C26H31ClN4O6. The van der Waals surface area contributed by atoms with Gasteiger partial charge in [-0.3, -0.25) is 14.7 Å². The zero-order valence-electron chi connectivity index (χ0n) is 20.6. The molecular weight excluding hydrogens is 500 g/mol. The van der Waals surface area contributed by atoms with Crippen LogP contribution in [0.1, 0.15) is 22.6 Å². The molecule has 0 aliphatic heterocycles. The summed E-state index contributed by atoms with van der Waals surface area (Å²) in [6, 6.07) is 17.4. The second-order valence-corrected chi connectivity index (χ2v) is 8.62. The van der Waals surface area contributed by atoms with Crippen LogP contribution in [0.5, 0.6) is 0 Å². The third kappa shape index (κ3) is 9.25. The molecule has 3 rings (SSSR count). The van der Waals surface area contributed by atoms with Crippen LogP contribution in [0.3, 0.4) is 0 Å². The number of aromatic nitrogens is 3. The van der Waals surface area contributed by atoms with Gasteiger partial charge in [0.2, 0.25) is 11.1 Å². The molecule has 2 aromatic carbocycles. The first-order chi connectivity index (χ1) is 18.0. The number of aliphatic hydroxyl groups excluding tert-OH is 1. The Morgan fingerprint density at radius 1 is 1.03 bits per heavy atom. The largest absolute Gasteiger partial charge is 0.463 e. The second-order valence-electron chi connectivity index (χ2n) is 8.28. The number of benzene rings is 2. The third-order valence-electron chi connectivity index (χ3n) is 5.58. The van der Waals surface area contributed by atoms with E-state index in [1.807, 2.05) is 54.6 Å². The first-order valence-electron chi connectivity index (χ1n) is 11.9. The SMILES string of the molecule is COCCOCCOC(=O)[C@H](CO)C[C@@H](Cc1ccc(-c2ccccc2)cc1)NC(=O)c1nc(Cl)n[nH]1. The highest BCUT2D eigenvalue weighted by Gasteiger charge is 2.26. The maximum atomic E-state index is 12.7. The molecule has 198 valence electrons. The van der Waals surface area contributed by atoms with Crippen LogP contribution in [0.25, 0.3) is 11.1 Å². The molecule has 1 heterocycles. The van der Waals surface area contributed by atoms with E-state index in [-0.39, 0.29) is 30.7 Å². The molecule has 0 spiro atoms. The van der Waals surface area contributed by atoms with Crippen molar-refractivity contribution < 1.29 is 28.9 Å². The van der Waals surface area contributed by atoms with E-state index in [0.29, 0.717) is 19.6 Å². The average Bonchev–Trinajstić information content (AvgIpc) is 3.36. The summed E-state index contributed by atoms with van der Waals surface area (Å²) in [5.41, 5.74) is 3.10. The quantitative estimate of drug-likeness (QED) is 0.201. The average molecular weight is 531 g/mol. The van der Waals surface area contributed by atoms with Crippen LogP contribution in [0.4, 0.5) is 0 Å². The Bertz CT molecular complexity index is 1110. The molecule has 11 heteroatoms. The standard InChI is InChI=1S/C26H31ClN4O6/c1-35-11-12-36-13-14-37-25(34)21(17-32)16-22(28-24(33)23-29-26(27)31-30-23)15-18-7-9-20(10-8-18)19-5-3-2-4-6-19/h2-10,21-22,32H,11-17H2,1H3,(H,28,33)(H,29,30,31)/t21-,22+/m0/s1. The number of rotatable bonds is 15. The lowest BCUT2D eigenvalue weighted by Crippen LogP contribution is -2.40. The molecule has 0 unspecified atom stereocenters. The van der Waals surface area contributed by atoms with Gasteiger partial charge < -0.3 is 24.6 Å². The molecule has 0 saturated heterocycles. The van der Waals surface area contributed by atoms with Gasteiger partial charge in [-0.15, -0.1) is 5.10 Å². The number of esters is 1. The zero-order chi connectivity index (χ0) is 26.5. The van der Waals surface area contributed by atoms with Crippen molar-refractivity contribution in [3.8, 4) is 11.1 Å². The normalized spacial score (nSPS) is 12.6. The van der Waals surface area contributed by atoms with Crippen molar-refractivity contribution in [1.29, 1.82) is 0 Å². The number of halogens is 1. The number of hydrogen-bond donors (Lipinski definition) is 3. The lowest BCUT2D eigenvalue weighted by molar-refractivity contribution is -0.152. The minimum absolute atomic E-state index is 0.0492. The fraction of sp³-hybridized carbons (Fsp3) is 0.385. The summed E-state index contributed by atoms with van der Waals surface area (Å²) in [6.07, 6.45) is 0.556. The van der Waals surface area contributed by atoms with E-state index in [9.17, 15) is 14.7 Å². The maximum Gasteiger partial charge on any atom is 0.311 e. The number of carbonyl (C=O) groups excluding carboxylic acids is 2. The number of H-pyrrole nitrogens is 1. The molecule has 0 aliphatic rings. The Labute approximate surface area is 220 Å². The Kier molecular flexibility index (Phi) is 11.5. The van der Waals surface area contributed by atoms with Crippen molar-refractivity contribution in [2.75, 3.05) is 40.1 Å². The van der Waals surface area contributed by atoms with Crippen molar-refractivity contribution in [3.63, 3.8) is 0 Å². The van der Waals surface area contributed by atoms with Crippen molar-refractivity contribution in [2.24, 2.45) is 5.92 Å². The molecule has 0 fully saturated rings. The van der Waals surface area contributed by atoms with Crippen LogP contribution in [0.15, 0.2) is 54.6 Å². The van der Waals surface area contributed by atoms with Crippen molar-refractivity contribution in [1.82, 2.24) is 20.5 Å². The maximum absolute atomic E-state index is 12.7. The second kappa shape index (κ2) is 15.1. The van der Waals surface area contributed by atoms with E-state index >= 15 is 0 Å². The van der Waals surface area contributed by atoms with Crippen LogP contribution in [-0.2, 0) is 25.4 Å². The van der Waals surface area contributed by atoms with Gasteiger partial charge in [-0.25, -0.2) is 0 Å². The van der Waals surface area contributed by atoms with E-state index in [1.165, 1.54) is 0 Å². The van der Waals surface area contributed by atoms with Crippen LogP contribution in [0, 0.1) is 5.92 Å². The van der Waals surface area contributed by atoms with Crippen LogP contribution >= 0.6 is 11.6 Å². The van der Waals surface area contributed by atoms with Crippen LogP contribution in [0.2, 0.25) is 5.28 Å². The summed E-state index contributed by atoms with van der Waals surface area (Å²) >= 11 is 5.73. The smallest absolute Gasteiger partial charge is 0.311 e. The topological polar surface area (TPSA) is 136 Å².